The van der Waals surface area contributed by atoms with Gasteiger partial charge in [-0.1, -0.05) is 29.8 Å². The second-order valence-electron chi connectivity index (χ2n) is 4.72. The summed E-state index contributed by atoms with van der Waals surface area (Å²) in [5.41, 5.74) is 0.378. The van der Waals surface area contributed by atoms with Crippen LogP contribution in [0.25, 0.3) is 5.69 Å². The highest BCUT2D eigenvalue weighted by Crippen LogP contribution is 2.32. The first kappa shape index (κ1) is 15.9. The third-order valence-corrected chi connectivity index (χ3v) is 3.41. The number of benzene rings is 2. The fraction of sp³-hybridized carbons (Fsp3) is 0.0667. The van der Waals surface area contributed by atoms with Crippen molar-refractivity contribution in [1.29, 1.82) is 0 Å². The van der Waals surface area contributed by atoms with Crippen molar-refractivity contribution in [1.82, 2.24) is 14.8 Å². The predicted octanol–water partition coefficient (Wildman–Crippen LogP) is 3.55. The van der Waals surface area contributed by atoms with Gasteiger partial charge >= 0.3 is 5.69 Å². The van der Waals surface area contributed by atoms with Gasteiger partial charge in [-0.15, -0.1) is 5.10 Å². The number of nitrogens with zero attached hydrogens (tertiary/aromatic N) is 4. The van der Waals surface area contributed by atoms with Crippen LogP contribution in [0.1, 0.15) is 5.82 Å². The highest BCUT2D eigenvalue weighted by Gasteiger charge is 2.19. The smallest absolute Gasteiger partial charge is 0.312 e. The van der Waals surface area contributed by atoms with E-state index in [0.717, 1.165) is 17.8 Å². The van der Waals surface area contributed by atoms with Gasteiger partial charge in [0.1, 0.15) is 12.1 Å². The van der Waals surface area contributed by atoms with Crippen molar-refractivity contribution in [3.8, 4) is 11.4 Å². The summed E-state index contributed by atoms with van der Waals surface area (Å²) in [7, 11) is 0. The molecule has 0 saturated heterocycles. The molecule has 0 aliphatic rings. The lowest BCUT2D eigenvalue weighted by molar-refractivity contribution is -0.386. The Hall–Kier alpha value is -3.00. The maximum Gasteiger partial charge on any atom is 0.312 e. The third kappa shape index (κ3) is 3.33. The standard InChI is InChI=1S/C15H10ClFN4O3/c16-11-6-13(21(22)23)14(7-12(11)17)24-8-15-18-9-20(19-15)10-4-2-1-3-5-10/h1-7,9H,8H2. The van der Waals surface area contributed by atoms with Gasteiger partial charge in [-0.25, -0.2) is 14.1 Å². The first-order valence-electron chi connectivity index (χ1n) is 6.77. The van der Waals surface area contributed by atoms with Crippen LogP contribution in [0, 0.1) is 15.9 Å². The molecule has 2 aromatic carbocycles. The molecular formula is C15H10ClFN4O3. The quantitative estimate of drug-likeness (QED) is 0.520. The van der Waals surface area contributed by atoms with Crippen LogP contribution < -0.4 is 4.74 Å². The largest absolute Gasteiger partial charge is 0.478 e. The number of hydrogen-bond donors (Lipinski definition) is 0. The lowest BCUT2D eigenvalue weighted by Crippen LogP contribution is -2.03. The average Bonchev–Trinajstić information content (AvgIpc) is 3.05. The Labute approximate surface area is 140 Å². The van der Waals surface area contributed by atoms with E-state index in [1.807, 2.05) is 30.3 Å². The molecule has 0 spiro atoms. The molecule has 0 N–H and O–H groups in total. The molecule has 0 unspecified atom stereocenters. The van der Waals surface area contributed by atoms with Gasteiger partial charge in [0.05, 0.1) is 15.6 Å². The van der Waals surface area contributed by atoms with Gasteiger partial charge in [0.2, 0.25) is 5.75 Å². The molecule has 3 aromatic rings. The molecule has 0 aliphatic carbocycles. The second kappa shape index (κ2) is 6.63. The minimum atomic E-state index is -0.806. The van der Waals surface area contributed by atoms with Crippen molar-refractivity contribution in [3.63, 3.8) is 0 Å². The number of aromatic nitrogens is 3. The van der Waals surface area contributed by atoms with Gasteiger partial charge in [-0.05, 0) is 12.1 Å². The Morgan fingerprint density at radius 2 is 2.04 bits per heavy atom. The zero-order valence-corrected chi connectivity index (χ0v) is 12.9. The molecule has 9 heteroatoms. The van der Waals surface area contributed by atoms with Gasteiger partial charge in [0.25, 0.3) is 0 Å². The lowest BCUT2D eigenvalue weighted by Gasteiger charge is -2.05. The zero-order valence-electron chi connectivity index (χ0n) is 12.1. The van der Waals surface area contributed by atoms with Crippen LogP contribution in [0.4, 0.5) is 10.1 Å². The van der Waals surface area contributed by atoms with Crippen LogP contribution in [0.3, 0.4) is 0 Å². The summed E-state index contributed by atoms with van der Waals surface area (Å²) >= 11 is 5.56. The summed E-state index contributed by atoms with van der Waals surface area (Å²) in [6.45, 7) is -0.151. The van der Waals surface area contributed by atoms with Crippen LogP contribution in [-0.4, -0.2) is 19.7 Å². The lowest BCUT2D eigenvalue weighted by atomic mass is 10.3. The van der Waals surface area contributed by atoms with Gasteiger partial charge < -0.3 is 4.74 Å². The minimum Gasteiger partial charge on any atom is -0.478 e. The van der Waals surface area contributed by atoms with Crippen molar-refractivity contribution in [2.45, 2.75) is 6.61 Å². The normalized spacial score (nSPS) is 10.6. The molecule has 0 fully saturated rings. The Morgan fingerprint density at radius 3 is 2.75 bits per heavy atom. The summed E-state index contributed by atoms with van der Waals surface area (Å²) in [5.74, 6) is -0.749. The number of hydrogen-bond acceptors (Lipinski definition) is 5. The van der Waals surface area contributed by atoms with E-state index in [9.17, 15) is 14.5 Å². The molecule has 3 rings (SSSR count). The number of nitro benzene ring substituents is 1. The van der Waals surface area contributed by atoms with Gasteiger partial charge in [0, 0.05) is 12.1 Å². The number of para-hydroxylation sites is 1. The first-order chi connectivity index (χ1) is 11.5. The molecule has 0 amide bonds. The fourth-order valence-corrected chi connectivity index (χ4v) is 2.15. The molecule has 0 aliphatic heterocycles. The van der Waals surface area contributed by atoms with Crippen LogP contribution in [-0.2, 0) is 6.61 Å². The molecule has 1 heterocycles. The molecule has 1 aromatic heterocycles. The van der Waals surface area contributed by atoms with E-state index >= 15 is 0 Å². The van der Waals surface area contributed by atoms with Crippen molar-refractivity contribution in [3.05, 3.63) is 75.6 Å². The molecule has 24 heavy (non-hydrogen) atoms. The monoisotopic (exact) mass is 348 g/mol. The predicted molar refractivity (Wildman–Crippen MR) is 83.8 cm³/mol. The summed E-state index contributed by atoms with van der Waals surface area (Å²) < 4.78 is 20.3. The molecule has 7 nitrogen and oxygen atoms in total. The highest BCUT2D eigenvalue weighted by atomic mass is 35.5. The summed E-state index contributed by atoms with van der Waals surface area (Å²) in [6.07, 6.45) is 1.49. The SMILES string of the molecule is O=[N+]([O-])c1cc(Cl)c(F)cc1OCc1ncn(-c2ccccc2)n1. The first-order valence-corrected chi connectivity index (χ1v) is 7.14. The van der Waals surface area contributed by atoms with Crippen molar-refractivity contribution in [2.75, 3.05) is 0 Å². The average molecular weight is 349 g/mol. The molecule has 0 saturated carbocycles. The van der Waals surface area contributed by atoms with E-state index in [1.54, 1.807) is 0 Å². The van der Waals surface area contributed by atoms with E-state index in [4.69, 9.17) is 16.3 Å². The van der Waals surface area contributed by atoms with Crippen molar-refractivity contribution in [2.24, 2.45) is 0 Å². The van der Waals surface area contributed by atoms with E-state index in [1.165, 1.54) is 11.0 Å². The number of ether oxygens (including phenoxy) is 1. The Bertz CT molecular complexity index is 886. The number of rotatable bonds is 5. The van der Waals surface area contributed by atoms with Crippen molar-refractivity contribution < 1.29 is 14.1 Å². The van der Waals surface area contributed by atoms with Crippen LogP contribution >= 0.6 is 11.6 Å². The number of halogens is 2. The van der Waals surface area contributed by atoms with Crippen LogP contribution in [0.5, 0.6) is 5.75 Å². The summed E-state index contributed by atoms with van der Waals surface area (Å²) in [4.78, 5) is 14.4. The molecular weight excluding hydrogens is 339 g/mol. The van der Waals surface area contributed by atoms with E-state index in [-0.39, 0.29) is 17.4 Å². The molecule has 122 valence electrons. The Kier molecular flexibility index (Phi) is 4.39. The van der Waals surface area contributed by atoms with Crippen molar-refractivity contribution >= 4 is 17.3 Å². The zero-order chi connectivity index (χ0) is 17.1. The van der Waals surface area contributed by atoms with Gasteiger partial charge in [-0.2, -0.15) is 0 Å². The Morgan fingerprint density at radius 1 is 1.29 bits per heavy atom. The topological polar surface area (TPSA) is 83.1 Å². The van der Waals surface area contributed by atoms with Gasteiger partial charge in [-0.3, -0.25) is 10.1 Å². The van der Waals surface area contributed by atoms with E-state index < -0.39 is 16.4 Å². The third-order valence-electron chi connectivity index (χ3n) is 3.12. The number of nitro groups is 1. The van der Waals surface area contributed by atoms with E-state index in [0.29, 0.717) is 5.82 Å². The highest BCUT2D eigenvalue weighted by molar-refractivity contribution is 6.31. The fourth-order valence-electron chi connectivity index (χ4n) is 1.99. The van der Waals surface area contributed by atoms with E-state index in [2.05, 4.69) is 10.1 Å². The molecule has 0 radical (unpaired) electrons. The summed E-state index contributed by atoms with van der Waals surface area (Å²) in [6, 6.07) is 11.0. The summed E-state index contributed by atoms with van der Waals surface area (Å²) in [5, 5.41) is 14.8. The minimum absolute atomic E-state index is 0.151. The second-order valence-corrected chi connectivity index (χ2v) is 5.13. The Balaban J connectivity index is 1.78. The van der Waals surface area contributed by atoms with Gasteiger partial charge in [0.15, 0.2) is 12.4 Å². The maximum atomic E-state index is 13.5. The van der Waals surface area contributed by atoms with Crippen LogP contribution in [0.15, 0.2) is 48.8 Å². The molecule has 0 bridgehead atoms. The molecule has 0 atom stereocenters. The van der Waals surface area contributed by atoms with Crippen LogP contribution in [0.2, 0.25) is 5.02 Å². The maximum absolute atomic E-state index is 13.5.